The zero-order valence-electron chi connectivity index (χ0n) is 14.7. The van der Waals surface area contributed by atoms with Crippen molar-refractivity contribution in [3.8, 4) is 0 Å². The highest BCUT2D eigenvalue weighted by molar-refractivity contribution is 5.71. The van der Waals surface area contributed by atoms with Gasteiger partial charge in [-0.05, 0) is 0 Å². The number of aliphatic hydroxyl groups is 1. The van der Waals surface area contributed by atoms with Gasteiger partial charge in [0.05, 0.1) is 25.6 Å². The predicted molar refractivity (Wildman–Crippen MR) is 91.6 cm³/mol. The third-order valence-electron chi connectivity index (χ3n) is 4.12. The Bertz CT molecular complexity index is 550. The molecule has 0 radical (unpaired) electrons. The van der Waals surface area contributed by atoms with Crippen LogP contribution in [0.2, 0.25) is 0 Å². The second kappa shape index (κ2) is 9.53. The summed E-state index contributed by atoms with van der Waals surface area (Å²) in [5, 5.41) is 9.99. The van der Waals surface area contributed by atoms with Crippen molar-refractivity contribution >= 4 is 11.9 Å². The number of carbonyl (C=O) groups is 2. The Morgan fingerprint density at radius 3 is 2.28 bits per heavy atom. The largest absolute Gasteiger partial charge is 0.465 e. The minimum atomic E-state index is -0.812. The molecule has 1 N–H and O–H groups in total. The van der Waals surface area contributed by atoms with Crippen molar-refractivity contribution in [1.29, 1.82) is 0 Å². The molecule has 2 rings (SSSR count). The van der Waals surface area contributed by atoms with Gasteiger partial charge >= 0.3 is 11.9 Å². The number of fused-ring (bicyclic) bond motifs is 2. The van der Waals surface area contributed by atoms with Crippen LogP contribution in [0.1, 0.15) is 26.7 Å². The highest BCUT2D eigenvalue weighted by Crippen LogP contribution is 2.21. The van der Waals surface area contributed by atoms with Crippen molar-refractivity contribution in [1.82, 2.24) is 0 Å². The fourth-order valence-corrected chi connectivity index (χ4v) is 2.57. The second-order valence-electron chi connectivity index (χ2n) is 6.48. The molecular weight excluding hydrogens is 324 g/mol. The summed E-state index contributed by atoms with van der Waals surface area (Å²) in [6.07, 6.45) is 9.26. The summed E-state index contributed by atoms with van der Waals surface area (Å²) in [4.78, 5) is 23.5. The molecule has 2 heterocycles. The Morgan fingerprint density at radius 2 is 1.56 bits per heavy atom. The van der Waals surface area contributed by atoms with Crippen LogP contribution in [0, 0.1) is 11.8 Å². The van der Waals surface area contributed by atoms with Crippen LogP contribution in [0.4, 0.5) is 0 Å². The number of hydrogen-bond acceptors (Lipinski definition) is 6. The Kier molecular flexibility index (Phi) is 7.40. The Labute approximate surface area is 148 Å². The first kappa shape index (κ1) is 19.4. The molecule has 6 heteroatoms. The van der Waals surface area contributed by atoms with Crippen LogP contribution < -0.4 is 0 Å². The van der Waals surface area contributed by atoms with Gasteiger partial charge in [0, 0.05) is 11.8 Å². The number of esters is 2. The average Bonchev–Trinajstić information content (AvgIpc) is 2.58. The van der Waals surface area contributed by atoms with Crippen LogP contribution in [-0.2, 0) is 23.8 Å². The quantitative estimate of drug-likeness (QED) is 0.531. The molecule has 0 aromatic rings. The van der Waals surface area contributed by atoms with E-state index in [1.54, 1.807) is 24.3 Å². The molecule has 2 bridgehead atoms. The first-order chi connectivity index (χ1) is 12.0. The molecule has 0 aromatic carbocycles. The van der Waals surface area contributed by atoms with Gasteiger partial charge in [0.25, 0.3) is 0 Å². The summed E-state index contributed by atoms with van der Waals surface area (Å²) in [6, 6.07) is 0. The van der Waals surface area contributed by atoms with Crippen LogP contribution in [0.15, 0.2) is 36.5 Å². The number of ether oxygens (including phenoxy) is 3. The van der Waals surface area contributed by atoms with Crippen molar-refractivity contribution in [2.24, 2.45) is 11.8 Å². The highest BCUT2D eigenvalue weighted by Gasteiger charge is 2.29. The summed E-state index contributed by atoms with van der Waals surface area (Å²) in [7, 11) is 0. The average molecular weight is 350 g/mol. The lowest BCUT2D eigenvalue weighted by Crippen LogP contribution is -2.40. The zero-order valence-corrected chi connectivity index (χ0v) is 14.7. The first-order valence-corrected chi connectivity index (χ1v) is 8.62. The van der Waals surface area contributed by atoms with E-state index in [4.69, 9.17) is 14.2 Å². The van der Waals surface area contributed by atoms with E-state index < -0.39 is 12.2 Å². The molecular formula is C19H26O6. The maximum atomic E-state index is 11.8. The molecule has 0 amide bonds. The van der Waals surface area contributed by atoms with Crippen molar-refractivity contribution < 1.29 is 28.9 Å². The minimum Gasteiger partial charge on any atom is -0.465 e. The fraction of sp³-hybridized carbons (Fsp3) is 0.579. The lowest BCUT2D eigenvalue weighted by atomic mass is 9.99. The number of cyclic esters (lactones) is 2. The van der Waals surface area contributed by atoms with Gasteiger partial charge in [-0.15, -0.1) is 0 Å². The topological polar surface area (TPSA) is 82.1 Å². The Balaban J connectivity index is 2.07. The number of rotatable bonds is 0. The van der Waals surface area contributed by atoms with Crippen LogP contribution >= 0.6 is 0 Å². The molecule has 138 valence electrons. The van der Waals surface area contributed by atoms with Gasteiger partial charge in [0.1, 0.15) is 18.8 Å². The van der Waals surface area contributed by atoms with E-state index in [0.717, 1.165) is 0 Å². The molecule has 0 aliphatic carbocycles. The van der Waals surface area contributed by atoms with E-state index in [0.29, 0.717) is 0 Å². The summed E-state index contributed by atoms with van der Waals surface area (Å²) in [5.41, 5.74) is 0. The summed E-state index contributed by atoms with van der Waals surface area (Å²) >= 11 is 0. The molecule has 25 heavy (non-hydrogen) atoms. The van der Waals surface area contributed by atoms with Gasteiger partial charge in [-0.3, -0.25) is 9.59 Å². The normalized spacial score (nSPS) is 37.5. The summed E-state index contributed by atoms with van der Waals surface area (Å²) in [6.45, 7) is 4.14. The van der Waals surface area contributed by atoms with E-state index in [9.17, 15) is 14.7 Å². The third-order valence-corrected chi connectivity index (χ3v) is 4.12. The van der Waals surface area contributed by atoms with Gasteiger partial charge in [0.15, 0.2) is 0 Å². The van der Waals surface area contributed by atoms with E-state index in [2.05, 4.69) is 0 Å². The molecule has 5 atom stereocenters. The fourth-order valence-electron chi connectivity index (χ4n) is 2.57. The smallest absolute Gasteiger partial charge is 0.309 e. The van der Waals surface area contributed by atoms with Gasteiger partial charge in [0.2, 0.25) is 0 Å². The van der Waals surface area contributed by atoms with Gasteiger partial charge in [-0.1, -0.05) is 50.3 Å². The number of carbonyl (C=O) groups excluding carboxylic acids is 2. The Hall–Kier alpha value is -1.92. The predicted octanol–water partition coefficient (Wildman–Crippen LogP) is 1.94. The van der Waals surface area contributed by atoms with Crippen molar-refractivity contribution in [3.05, 3.63) is 36.5 Å². The first-order valence-electron chi connectivity index (χ1n) is 8.62. The Morgan fingerprint density at radius 1 is 0.920 bits per heavy atom. The zero-order chi connectivity index (χ0) is 18.2. The van der Waals surface area contributed by atoms with Crippen LogP contribution in [0.25, 0.3) is 0 Å². The maximum Gasteiger partial charge on any atom is 0.309 e. The minimum absolute atomic E-state index is 0.00225. The molecule has 0 saturated heterocycles. The van der Waals surface area contributed by atoms with Crippen molar-refractivity contribution in [2.75, 3.05) is 13.2 Å². The second-order valence-corrected chi connectivity index (χ2v) is 6.48. The molecule has 0 unspecified atom stereocenters. The standard InChI is InChI=1S/C19H26O6/c1-13-5-3-7-19(22)24-12-17-15(20)9-10-16(25-17)14(2)6-4-8-18(21)23-11-13/h3-6,9-10,13-17,20H,7-8,11-12H2,1-2H3/b5-3+,6-4+/t13-,14+,15-,16-,17+/m0/s1. The van der Waals surface area contributed by atoms with Crippen LogP contribution in [-0.4, -0.2) is 48.6 Å². The van der Waals surface area contributed by atoms with E-state index in [1.165, 1.54) is 0 Å². The third kappa shape index (κ3) is 6.48. The van der Waals surface area contributed by atoms with Crippen molar-refractivity contribution in [2.45, 2.75) is 45.0 Å². The summed E-state index contributed by atoms with van der Waals surface area (Å²) in [5.74, 6) is -0.657. The number of hydrogen-bond donors (Lipinski definition) is 1. The number of aliphatic hydroxyl groups excluding tert-OH is 1. The molecule has 0 fully saturated rings. The molecule has 0 spiro atoms. The van der Waals surface area contributed by atoms with Crippen LogP contribution in [0.3, 0.4) is 0 Å². The molecule has 6 nitrogen and oxygen atoms in total. The van der Waals surface area contributed by atoms with Gasteiger partial charge < -0.3 is 19.3 Å². The lowest BCUT2D eigenvalue weighted by molar-refractivity contribution is -0.153. The van der Waals surface area contributed by atoms with Gasteiger partial charge in [-0.25, -0.2) is 0 Å². The van der Waals surface area contributed by atoms with E-state index in [-0.39, 0.29) is 55.9 Å². The lowest BCUT2D eigenvalue weighted by Gasteiger charge is -2.31. The highest BCUT2D eigenvalue weighted by atomic mass is 16.6. The van der Waals surface area contributed by atoms with Crippen LogP contribution in [0.5, 0.6) is 0 Å². The van der Waals surface area contributed by atoms with Crippen molar-refractivity contribution in [3.63, 3.8) is 0 Å². The SMILES string of the molecule is C[C@@H]1/C=C/CC(=O)OC[C@@H](C)/C=C/CC(=O)OC[C@H]2O[C@H]1C=C[C@@H]2O. The van der Waals surface area contributed by atoms with E-state index in [1.807, 2.05) is 26.0 Å². The molecule has 2 aliphatic rings. The van der Waals surface area contributed by atoms with E-state index >= 15 is 0 Å². The maximum absolute atomic E-state index is 11.8. The molecule has 0 aromatic heterocycles. The monoisotopic (exact) mass is 350 g/mol. The van der Waals surface area contributed by atoms with Gasteiger partial charge in [-0.2, -0.15) is 0 Å². The summed E-state index contributed by atoms with van der Waals surface area (Å²) < 4.78 is 16.2. The molecule has 2 aliphatic heterocycles. The molecule has 0 saturated carbocycles.